The van der Waals surface area contributed by atoms with Gasteiger partial charge in [0.15, 0.2) is 5.82 Å². The van der Waals surface area contributed by atoms with Crippen LogP contribution in [0, 0.1) is 13.8 Å². The first-order valence-electron chi connectivity index (χ1n) is 8.41. The van der Waals surface area contributed by atoms with Gasteiger partial charge in [-0.1, -0.05) is 24.3 Å². The summed E-state index contributed by atoms with van der Waals surface area (Å²) in [7, 11) is 0. The van der Waals surface area contributed by atoms with Crippen molar-refractivity contribution in [1.29, 1.82) is 0 Å². The largest absolute Gasteiger partial charge is 0.362 e. The highest BCUT2D eigenvalue weighted by Gasteiger charge is 2.20. The Morgan fingerprint density at radius 1 is 1.17 bits per heavy atom. The van der Waals surface area contributed by atoms with Crippen LogP contribution in [0.2, 0.25) is 0 Å². The molecule has 1 aliphatic carbocycles. The zero-order chi connectivity index (χ0) is 16.5. The van der Waals surface area contributed by atoms with Gasteiger partial charge < -0.3 is 5.32 Å². The Hall–Kier alpha value is -2.69. The van der Waals surface area contributed by atoms with E-state index in [2.05, 4.69) is 39.7 Å². The number of hydrogen-bond donors (Lipinski definition) is 1. The van der Waals surface area contributed by atoms with Crippen molar-refractivity contribution in [3.63, 3.8) is 0 Å². The minimum atomic E-state index is 0.292. The van der Waals surface area contributed by atoms with Crippen molar-refractivity contribution >= 4 is 5.82 Å². The van der Waals surface area contributed by atoms with Crippen LogP contribution < -0.4 is 5.32 Å². The molecule has 1 atom stereocenters. The van der Waals surface area contributed by atoms with Crippen molar-refractivity contribution in [3.05, 3.63) is 65.2 Å². The molecule has 1 aliphatic rings. The van der Waals surface area contributed by atoms with Crippen LogP contribution in [0.4, 0.5) is 5.82 Å². The van der Waals surface area contributed by atoms with E-state index in [4.69, 9.17) is 4.98 Å². The first-order chi connectivity index (χ1) is 11.7. The van der Waals surface area contributed by atoms with Gasteiger partial charge in [0.25, 0.3) is 0 Å². The van der Waals surface area contributed by atoms with Gasteiger partial charge in [-0.25, -0.2) is 9.67 Å². The lowest BCUT2D eigenvalue weighted by Gasteiger charge is -2.26. The molecule has 5 nitrogen and oxygen atoms in total. The summed E-state index contributed by atoms with van der Waals surface area (Å²) in [6, 6.07) is 11.0. The summed E-state index contributed by atoms with van der Waals surface area (Å²) >= 11 is 0. The number of nitrogens with zero attached hydrogens (tertiary/aromatic N) is 4. The molecule has 24 heavy (non-hydrogen) atoms. The first kappa shape index (κ1) is 14.9. The average Bonchev–Trinajstić information content (AvgIpc) is 2.94. The molecule has 2 aromatic heterocycles. The molecule has 1 aromatic carbocycles. The Labute approximate surface area is 141 Å². The molecule has 1 N–H and O–H groups in total. The zero-order valence-electron chi connectivity index (χ0n) is 14.0. The summed E-state index contributed by atoms with van der Waals surface area (Å²) in [5.41, 5.74) is 4.85. The molecular formula is C19H21N5. The van der Waals surface area contributed by atoms with Gasteiger partial charge in [-0.05, 0) is 50.3 Å². The molecule has 0 amide bonds. The standard InChI is InChI=1S/C19H21N5/c1-13-10-14(2)24(23-13)19-12-20-11-18(22-19)21-17-9-5-7-15-6-3-4-8-16(15)17/h3-4,6,8,10-12,17H,5,7,9H2,1-2H3,(H,21,22). The van der Waals surface area contributed by atoms with E-state index in [1.54, 1.807) is 12.4 Å². The van der Waals surface area contributed by atoms with Gasteiger partial charge in [-0.3, -0.25) is 4.98 Å². The van der Waals surface area contributed by atoms with E-state index in [-0.39, 0.29) is 0 Å². The summed E-state index contributed by atoms with van der Waals surface area (Å²) in [6.45, 7) is 4.01. The second-order valence-electron chi connectivity index (χ2n) is 6.39. The molecule has 1 unspecified atom stereocenters. The van der Waals surface area contributed by atoms with Gasteiger partial charge in [0.05, 0.1) is 24.1 Å². The van der Waals surface area contributed by atoms with Crippen molar-refractivity contribution in [2.75, 3.05) is 5.32 Å². The molecule has 0 saturated carbocycles. The maximum Gasteiger partial charge on any atom is 0.174 e. The molecule has 0 fully saturated rings. The molecule has 122 valence electrons. The van der Waals surface area contributed by atoms with Crippen LogP contribution in [-0.4, -0.2) is 19.7 Å². The number of fused-ring (bicyclic) bond motifs is 1. The molecule has 0 aliphatic heterocycles. The number of aryl methyl sites for hydroxylation is 3. The molecule has 2 heterocycles. The van der Waals surface area contributed by atoms with Gasteiger partial charge in [0.1, 0.15) is 5.82 Å². The van der Waals surface area contributed by atoms with Crippen LogP contribution in [0.5, 0.6) is 0 Å². The van der Waals surface area contributed by atoms with E-state index in [0.29, 0.717) is 6.04 Å². The van der Waals surface area contributed by atoms with Crippen LogP contribution in [0.15, 0.2) is 42.7 Å². The average molecular weight is 319 g/mol. The highest BCUT2D eigenvalue weighted by atomic mass is 15.3. The van der Waals surface area contributed by atoms with Crippen LogP contribution in [0.3, 0.4) is 0 Å². The monoisotopic (exact) mass is 319 g/mol. The predicted molar refractivity (Wildman–Crippen MR) is 94.4 cm³/mol. The van der Waals surface area contributed by atoms with Crippen molar-refractivity contribution in [1.82, 2.24) is 19.7 Å². The topological polar surface area (TPSA) is 55.6 Å². The third-order valence-corrected chi connectivity index (χ3v) is 4.54. The van der Waals surface area contributed by atoms with Crippen LogP contribution in [-0.2, 0) is 6.42 Å². The lowest BCUT2D eigenvalue weighted by Crippen LogP contribution is -2.18. The van der Waals surface area contributed by atoms with Gasteiger partial charge >= 0.3 is 0 Å². The second-order valence-corrected chi connectivity index (χ2v) is 6.39. The molecular weight excluding hydrogens is 298 g/mol. The van der Waals surface area contributed by atoms with E-state index < -0.39 is 0 Å². The summed E-state index contributed by atoms with van der Waals surface area (Å²) in [4.78, 5) is 9.06. The van der Waals surface area contributed by atoms with Crippen molar-refractivity contribution in [2.24, 2.45) is 0 Å². The second kappa shape index (κ2) is 6.07. The third-order valence-electron chi connectivity index (χ3n) is 4.54. The highest BCUT2D eigenvalue weighted by molar-refractivity contribution is 5.42. The summed E-state index contributed by atoms with van der Waals surface area (Å²) in [5, 5.41) is 8.05. The van der Waals surface area contributed by atoms with Crippen molar-refractivity contribution in [3.8, 4) is 5.82 Å². The van der Waals surface area contributed by atoms with E-state index in [1.807, 2.05) is 24.6 Å². The van der Waals surface area contributed by atoms with Gasteiger partial charge in [0.2, 0.25) is 0 Å². The van der Waals surface area contributed by atoms with Gasteiger partial charge in [-0.15, -0.1) is 0 Å². The van der Waals surface area contributed by atoms with Crippen LogP contribution >= 0.6 is 0 Å². The van der Waals surface area contributed by atoms with E-state index in [1.165, 1.54) is 17.5 Å². The van der Waals surface area contributed by atoms with Gasteiger partial charge in [-0.2, -0.15) is 5.10 Å². The fraction of sp³-hybridized carbons (Fsp3) is 0.316. The minimum Gasteiger partial charge on any atom is -0.362 e. The number of hydrogen-bond acceptors (Lipinski definition) is 4. The molecule has 0 bridgehead atoms. The number of rotatable bonds is 3. The fourth-order valence-electron chi connectivity index (χ4n) is 3.47. The number of aromatic nitrogens is 4. The summed E-state index contributed by atoms with van der Waals surface area (Å²) in [6.07, 6.45) is 7.00. The quantitative estimate of drug-likeness (QED) is 0.798. The Morgan fingerprint density at radius 3 is 2.88 bits per heavy atom. The Morgan fingerprint density at radius 2 is 2.04 bits per heavy atom. The fourth-order valence-corrected chi connectivity index (χ4v) is 3.47. The molecule has 4 rings (SSSR count). The number of benzene rings is 1. The SMILES string of the molecule is Cc1cc(C)n(-c2cncc(NC3CCCc4ccccc43)n2)n1. The maximum absolute atomic E-state index is 4.71. The van der Waals surface area contributed by atoms with E-state index >= 15 is 0 Å². The smallest absolute Gasteiger partial charge is 0.174 e. The molecule has 5 heteroatoms. The first-order valence-corrected chi connectivity index (χ1v) is 8.41. The third kappa shape index (κ3) is 2.77. The summed E-state index contributed by atoms with van der Waals surface area (Å²) < 4.78 is 1.84. The molecule has 3 aromatic rings. The van der Waals surface area contributed by atoms with Crippen molar-refractivity contribution in [2.45, 2.75) is 39.2 Å². The van der Waals surface area contributed by atoms with Crippen LogP contribution in [0.1, 0.15) is 41.4 Å². The van der Waals surface area contributed by atoms with E-state index in [0.717, 1.165) is 35.9 Å². The lowest BCUT2D eigenvalue weighted by atomic mass is 9.88. The Balaban J connectivity index is 1.63. The molecule has 0 spiro atoms. The Bertz CT molecular complexity index is 868. The molecule has 0 radical (unpaired) electrons. The summed E-state index contributed by atoms with van der Waals surface area (Å²) in [5.74, 6) is 1.54. The predicted octanol–water partition coefficient (Wildman–Crippen LogP) is 3.77. The van der Waals surface area contributed by atoms with E-state index in [9.17, 15) is 0 Å². The number of anilines is 1. The normalized spacial score (nSPS) is 16.7. The maximum atomic E-state index is 4.71. The minimum absolute atomic E-state index is 0.292. The lowest BCUT2D eigenvalue weighted by molar-refractivity contribution is 0.598. The molecule has 0 saturated heterocycles. The Kier molecular flexibility index (Phi) is 3.76. The van der Waals surface area contributed by atoms with Crippen molar-refractivity contribution < 1.29 is 0 Å². The van der Waals surface area contributed by atoms with Gasteiger partial charge in [0, 0.05) is 5.69 Å². The zero-order valence-corrected chi connectivity index (χ0v) is 14.0. The van der Waals surface area contributed by atoms with Crippen LogP contribution in [0.25, 0.3) is 5.82 Å². The highest BCUT2D eigenvalue weighted by Crippen LogP contribution is 2.31. The number of nitrogens with one attached hydrogen (secondary N) is 1.